The second kappa shape index (κ2) is 9.16. The predicted molar refractivity (Wildman–Crippen MR) is 115 cm³/mol. The zero-order chi connectivity index (χ0) is 18.3. The standard InChI is InChI=1S/C23H26N2OS/c1-2-8-22-21(7-1)24-23(27-22)14-11-19-9-12-20(13-10-19)26-18-6-5-17-25-15-3-4-16-25/h1-2,7-14H,3-6,15-18H2/b14-11+. The van der Waals surface area contributed by atoms with Gasteiger partial charge in [-0.1, -0.05) is 30.3 Å². The summed E-state index contributed by atoms with van der Waals surface area (Å²) < 4.78 is 7.10. The number of thiazole rings is 1. The summed E-state index contributed by atoms with van der Waals surface area (Å²) in [5.74, 6) is 0.952. The van der Waals surface area contributed by atoms with Crippen LogP contribution in [0.2, 0.25) is 0 Å². The van der Waals surface area contributed by atoms with Crippen molar-refractivity contribution in [3.8, 4) is 5.75 Å². The Morgan fingerprint density at radius 1 is 0.963 bits per heavy atom. The molecule has 0 radical (unpaired) electrons. The zero-order valence-corrected chi connectivity index (χ0v) is 16.5. The van der Waals surface area contributed by atoms with Gasteiger partial charge in [0.05, 0.1) is 16.8 Å². The minimum atomic E-state index is 0.800. The molecule has 27 heavy (non-hydrogen) atoms. The molecule has 1 aromatic heterocycles. The minimum Gasteiger partial charge on any atom is -0.494 e. The lowest BCUT2D eigenvalue weighted by atomic mass is 10.2. The molecule has 0 amide bonds. The Kier molecular flexibility index (Phi) is 6.17. The SMILES string of the molecule is C(=C\c1nc2ccccc2s1)/c1ccc(OCCCCN2CCCC2)cc1. The summed E-state index contributed by atoms with van der Waals surface area (Å²) in [4.78, 5) is 7.20. The molecule has 4 rings (SSSR count). The maximum absolute atomic E-state index is 5.88. The normalized spacial score (nSPS) is 15.1. The summed E-state index contributed by atoms with van der Waals surface area (Å²) in [5, 5.41) is 1.04. The van der Waals surface area contributed by atoms with Crippen molar-refractivity contribution in [2.75, 3.05) is 26.2 Å². The number of fused-ring (bicyclic) bond motifs is 1. The molecule has 2 heterocycles. The average molecular weight is 379 g/mol. The van der Waals surface area contributed by atoms with E-state index in [1.165, 1.54) is 43.6 Å². The summed E-state index contributed by atoms with van der Waals surface area (Å²) >= 11 is 1.72. The van der Waals surface area contributed by atoms with Crippen molar-refractivity contribution in [1.29, 1.82) is 0 Å². The second-order valence-corrected chi connectivity index (χ2v) is 8.09. The first-order valence-corrected chi connectivity index (χ1v) is 10.7. The van der Waals surface area contributed by atoms with E-state index in [2.05, 4.69) is 64.5 Å². The lowest BCUT2D eigenvalue weighted by Gasteiger charge is -2.14. The van der Waals surface area contributed by atoms with Gasteiger partial charge < -0.3 is 9.64 Å². The molecule has 1 fully saturated rings. The number of likely N-dealkylation sites (tertiary alicyclic amines) is 1. The van der Waals surface area contributed by atoms with Crippen LogP contribution in [0.4, 0.5) is 0 Å². The van der Waals surface area contributed by atoms with Crippen molar-refractivity contribution in [3.05, 3.63) is 59.1 Å². The number of rotatable bonds is 8. The number of aromatic nitrogens is 1. The zero-order valence-electron chi connectivity index (χ0n) is 15.6. The molecule has 3 aromatic rings. The van der Waals surface area contributed by atoms with Crippen LogP contribution in [0.1, 0.15) is 36.3 Å². The van der Waals surface area contributed by atoms with Crippen molar-refractivity contribution in [3.63, 3.8) is 0 Å². The van der Waals surface area contributed by atoms with Gasteiger partial charge in [-0.2, -0.15) is 0 Å². The first kappa shape index (κ1) is 18.2. The Labute approximate surface area is 165 Å². The van der Waals surface area contributed by atoms with Crippen molar-refractivity contribution >= 4 is 33.7 Å². The molecule has 0 bridgehead atoms. The van der Waals surface area contributed by atoms with E-state index in [1.54, 1.807) is 11.3 Å². The number of ether oxygens (including phenoxy) is 1. The number of hydrogen-bond acceptors (Lipinski definition) is 4. The van der Waals surface area contributed by atoms with E-state index in [1.807, 2.05) is 6.07 Å². The summed E-state index contributed by atoms with van der Waals surface area (Å²) in [5.41, 5.74) is 2.23. The van der Waals surface area contributed by atoms with Crippen LogP contribution in [-0.4, -0.2) is 36.1 Å². The van der Waals surface area contributed by atoms with Crippen LogP contribution in [-0.2, 0) is 0 Å². The first-order chi connectivity index (χ1) is 13.4. The molecule has 4 heteroatoms. The molecule has 0 atom stereocenters. The third kappa shape index (κ3) is 5.18. The highest BCUT2D eigenvalue weighted by Gasteiger charge is 2.10. The fraction of sp³-hybridized carbons (Fsp3) is 0.348. The van der Waals surface area contributed by atoms with Gasteiger partial charge in [0.1, 0.15) is 10.8 Å². The van der Waals surface area contributed by atoms with E-state index < -0.39 is 0 Å². The van der Waals surface area contributed by atoms with Gasteiger partial charge in [0, 0.05) is 0 Å². The Morgan fingerprint density at radius 2 is 1.78 bits per heavy atom. The molecule has 0 saturated carbocycles. The smallest absolute Gasteiger partial charge is 0.119 e. The van der Waals surface area contributed by atoms with Crippen molar-refractivity contribution in [1.82, 2.24) is 9.88 Å². The molecule has 0 unspecified atom stereocenters. The highest BCUT2D eigenvalue weighted by molar-refractivity contribution is 7.19. The van der Waals surface area contributed by atoms with Crippen LogP contribution >= 0.6 is 11.3 Å². The molecular formula is C23H26N2OS. The van der Waals surface area contributed by atoms with Crippen LogP contribution < -0.4 is 4.74 Å². The van der Waals surface area contributed by atoms with Crippen LogP contribution in [0.25, 0.3) is 22.4 Å². The van der Waals surface area contributed by atoms with Gasteiger partial charge in [-0.25, -0.2) is 4.98 Å². The predicted octanol–water partition coefficient (Wildman–Crippen LogP) is 5.72. The third-order valence-corrected chi connectivity index (χ3v) is 5.95. The van der Waals surface area contributed by atoms with Crippen LogP contribution in [0.15, 0.2) is 48.5 Å². The molecule has 0 N–H and O–H groups in total. The van der Waals surface area contributed by atoms with Gasteiger partial charge in [0.15, 0.2) is 0 Å². The Morgan fingerprint density at radius 3 is 2.59 bits per heavy atom. The number of unbranched alkanes of at least 4 members (excludes halogenated alkanes) is 1. The van der Waals surface area contributed by atoms with Gasteiger partial charge >= 0.3 is 0 Å². The topological polar surface area (TPSA) is 25.4 Å². The number of benzene rings is 2. The first-order valence-electron chi connectivity index (χ1n) is 9.86. The number of nitrogens with zero attached hydrogens (tertiary/aromatic N) is 2. The fourth-order valence-corrected chi connectivity index (χ4v) is 4.31. The molecule has 0 aliphatic carbocycles. The molecular weight excluding hydrogens is 352 g/mol. The van der Waals surface area contributed by atoms with Gasteiger partial charge in [0.2, 0.25) is 0 Å². The lowest BCUT2D eigenvalue weighted by Crippen LogP contribution is -2.20. The van der Waals surface area contributed by atoms with Crippen LogP contribution in [0.3, 0.4) is 0 Å². The highest BCUT2D eigenvalue weighted by Crippen LogP contribution is 2.23. The van der Waals surface area contributed by atoms with E-state index in [0.29, 0.717) is 0 Å². The number of hydrogen-bond donors (Lipinski definition) is 0. The van der Waals surface area contributed by atoms with Gasteiger partial charge in [0.25, 0.3) is 0 Å². The van der Waals surface area contributed by atoms with Crippen LogP contribution in [0, 0.1) is 0 Å². The Hall–Kier alpha value is -2.17. The highest BCUT2D eigenvalue weighted by atomic mass is 32.1. The molecule has 3 nitrogen and oxygen atoms in total. The minimum absolute atomic E-state index is 0.800. The van der Waals surface area contributed by atoms with Crippen molar-refractivity contribution in [2.24, 2.45) is 0 Å². The molecule has 1 saturated heterocycles. The monoisotopic (exact) mass is 378 g/mol. The summed E-state index contributed by atoms with van der Waals surface area (Å²) in [7, 11) is 0. The quantitative estimate of drug-likeness (QED) is 0.469. The van der Waals surface area contributed by atoms with E-state index in [-0.39, 0.29) is 0 Å². The largest absolute Gasteiger partial charge is 0.494 e. The summed E-state index contributed by atoms with van der Waals surface area (Å²) in [6.45, 7) is 4.59. The Bertz CT molecular complexity index is 846. The molecule has 2 aromatic carbocycles. The molecule has 1 aliphatic rings. The third-order valence-electron chi connectivity index (χ3n) is 4.94. The van der Waals surface area contributed by atoms with Gasteiger partial charge in [-0.05, 0) is 81.2 Å². The van der Waals surface area contributed by atoms with Crippen LogP contribution in [0.5, 0.6) is 5.75 Å². The molecule has 1 aliphatic heterocycles. The molecule has 0 spiro atoms. The van der Waals surface area contributed by atoms with Gasteiger partial charge in [-0.15, -0.1) is 11.3 Å². The summed E-state index contributed by atoms with van der Waals surface area (Å²) in [6.07, 6.45) is 9.28. The van der Waals surface area contributed by atoms with E-state index >= 15 is 0 Å². The average Bonchev–Trinajstić information content (AvgIpc) is 3.36. The van der Waals surface area contributed by atoms with E-state index in [0.717, 1.165) is 34.9 Å². The maximum Gasteiger partial charge on any atom is 0.119 e. The molecule has 140 valence electrons. The van der Waals surface area contributed by atoms with Gasteiger partial charge in [-0.3, -0.25) is 0 Å². The Balaban J connectivity index is 1.23. The second-order valence-electron chi connectivity index (χ2n) is 7.03. The van der Waals surface area contributed by atoms with Crippen molar-refractivity contribution < 1.29 is 4.74 Å². The van der Waals surface area contributed by atoms with E-state index in [4.69, 9.17) is 4.74 Å². The maximum atomic E-state index is 5.88. The van der Waals surface area contributed by atoms with Crippen molar-refractivity contribution in [2.45, 2.75) is 25.7 Å². The lowest BCUT2D eigenvalue weighted by molar-refractivity contribution is 0.280. The fourth-order valence-electron chi connectivity index (χ4n) is 3.44. The van der Waals surface area contributed by atoms with E-state index in [9.17, 15) is 0 Å². The summed E-state index contributed by atoms with van der Waals surface area (Å²) in [6, 6.07) is 16.6. The number of para-hydroxylation sites is 1.